The van der Waals surface area contributed by atoms with Crippen molar-refractivity contribution in [3.8, 4) is 11.5 Å². The monoisotopic (exact) mass is 576 g/mol. The number of barbiturate groups is 1. The smallest absolute Gasteiger partial charge is 0.337 e. The van der Waals surface area contributed by atoms with Crippen LogP contribution in [0.5, 0.6) is 11.5 Å². The van der Waals surface area contributed by atoms with Crippen LogP contribution in [0.3, 0.4) is 0 Å². The molecule has 9 nitrogen and oxygen atoms in total. The Morgan fingerprint density at radius 1 is 0.930 bits per heavy atom. The van der Waals surface area contributed by atoms with Crippen molar-refractivity contribution in [1.82, 2.24) is 5.32 Å². The predicted octanol–water partition coefficient (Wildman–Crippen LogP) is 5.61. The standard InChI is InChI=1S/C34H28N2O7/c1-4-8-24-17-21(19-29(41-2)30(24)43-20-25-11-7-10-22-9-5-6-12-27(22)25)18-28-31(37)35-34(40)36(32(28)38)26-15-13-23(14-16-26)33(39)42-3/h4-7,9-19H,1,8,20H2,2-3H3,(H,35,37,40)/b28-18+. The molecule has 0 aliphatic carbocycles. The van der Waals surface area contributed by atoms with Crippen molar-refractivity contribution >= 4 is 46.4 Å². The van der Waals surface area contributed by atoms with E-state index in [2.05, 4.69) is 11.9 Å². The largest absolute Gasteiger partial charge is 0.493 e. The number of anilines is 1. The van der Waals surface area contributed by atoms with Crippen LogP contribution >= 0.6 is 0 Å². The van der Waals surface area contributed by atoms with Gasteiger partial charge in [0.15, 0.2) is 11.5 Å². The van der Waals surface area contributed by atoms with E-state index in [0.717, 1.165) is 26.8 Å². The van der Waals surface area contributed by atoms with Gasteiger partial charge in [0.25, 0.3) is 11.8 Å². The van der Waals surface area contributed by atoms with E-state index in [0.29, 0.717) is 23.5 Å². The zero-order valence-electron chi connectivity index (χ0n) is 23.6. The minimum Gasteiger partial charge on any atom is -0.493 e. The molecule has 0 atom stereocenters. The van der Waals surface area contributed by atoms with E-state index in [1.165, 1.54) is 44.6 Å². The number of urea groups is 1. The van der Waals surface area contributed by atoms with Gasteiger partial charge in [0, 0.05) is 5.56 Å². The average Bonchev–Trinajstić information content (AvgIpc) is 3.02. The maximum atomic E-state index is 13.4. The normalized spacial score (nSPS) is 14.0. The highest BCUT2D eigenvalue weighted by Crippen LogP contribution is 2.36. The van der Waals surface area contributed by atoms with E-state index in [1.807, 2.05) is 42.5 Å². The van der Waals surface area contributed by atoms with E-state index >= 15 is 0 Å². The molecule has 216 valence electrons. The van der Waals surface area contributed by atoms with Crippen molar-refractivity contribution in [2.75, 3.05) is 19.1 Å². The molecule has 0 unspecified atom stereocenters. The fourth-order valence-electron chi connectivity index (χ4n) is 4.88. The van der Waals surface area contributed by atoms with Crippen molar-refractivity contribution in [2.45, 2.75) is 13.0 Å². The highest BCUT2D eigenvalue weighted by molar-refractivity contribution is 6.39. The number of amides is 4. The van der Waals surface area contributed by atoms with E-state index in [4.69, 9.17) is 14.2 Å². The number of carbonyl (C=O) groups excluding carboxylic acids is 4. The van der Waals surface area contributed by atoms with Gasteiger partial charge in [-0.05, 0) is 70.8 Å². The first-order valence-electron chi connectivity index (χ1n) is 13.4. The van der Waals surface area contributed by atoms with Crippen LogP contribution < -0.4 is 19.7 Å². The Bertz CT molecular complexity index is 1790. The van der Waals surface area contributed by atoms with Gasteiger partial charge in [0.1, 0.15) is 12.2 Å². The molecule has 1 saturated heterocycles. The van der Waals surface area contributed by atoms with Crippen molar-refractivity contribution < 1.29 is 33.4 Å². The number of esters is 1. The number of ether oxygens (including phenoxy) is 3. The Kier molecular flexibility index (Phi) is 8.34. The van der Waals surface area contributed by atoms with Gasteiger partial charge in [0.2, 0.25) is 0 Å². The van der Waals surface area contributed by atoms with Crippen LogP contribution in [0, 0.1) is 0 Å². The van der Waals surface area contributed by atoms with Crippen LogP contribution in [0.2, 0.25) is 0 Å². The summed E-state index contributed by atoms with van der Waals surface area (Å²) in [6.45, 7) is 4.14. The number of allylic oxidation sites excluding steroid dienone is 1. The Morgan fingerprint density at radius 2 is 1.67 bits per heavy atom. The second-order valence-corrected chi connectivity index (χ2v) is 9.63. The van der Waals surface area contributed by atoms with E-state index < -0.39 is 23.8 Å². The van der Waals surface area contributed by atoms with Gasteiger partial charge in [-0.2, -0.15) is 0 Å². The first-order chi connectivity index (χ1) is 20.8. The van der Waals surface area contributed by atoms with Crippen molar-refractivity contribution in [3.63, 3.8) is 0 Å². The van der Waals surface area contributed by atoms with Gasteiger partial charge in [-0.15, -0.1) is 6.58 Å². The molecule has 1 fully saturated rings. The van der Waals surface area contributed by atoms with E-state index in [9.17, 15) is 19.2 Å². The number of carbonyl (C=O) groups is 4. The van der Waals surface area contributed by atoms with Crippen molar-refractivity contribution in [1.29, 1.82) is 0 Å². The molecular weight excluding hydrogens is 548 g/mol. The van der Waals surface area contributed by atoms with Crippen LogP contribution in [0.1, 0.15) is 27.0 Å². The number of nitrogens with one attached hydrogen (secondary N) is 1. The molecular formula is C34H28N2O7. The molecule has 1 aliphatic rings. The number of fused-ring (bicyclic) bond motifs is 1. The van der Waals surface area contributed by atoms with Gasteiger partial charge < -0.3 is 14.2 Å². The molecule has 4 aromatic rings. The molecule has 1 heterocycles. The van der Waals surface area contributed by atoms with Crippen LogP contribution in [0.4, 0.5) is 10.5 Å². The second kappa shape index (κ2) is 12.4. The molecule has 43 heavy (non-hydrogen) atoms. The Labute approximate surface area is 248 Å². The SMILES string of the molecule is C=CCc1cc(/C=C2\C(=O)NC(=O)N(c3ccc(C(=O)OC)cc3)C2=O)cc(OC)c1OCc1cccc2ccccc12. The predicted molar refractivity (Wildman–Crippen MR) is 162 cm³/mol. The van der Waals surface area contributed by atoms with Crippen LogP contribution in [0.25, 0.3) is 16.8 Å². The van der Waals surface area contributed by atoms with E-state index in [-0.39, 0.29) is 23.4 Å². The Morgan fingerprint density at radius 3 is 2.40 bits per heavy atom. The van der Waals surface area contributed by atoms with Crippen molar-refractivity contribution in [2.24, 2.45) is 0 Å². The molecule has 5 rings (SSSR count). The van der Waals surface area contributed by atoms with E-state index in [1.54, 1.807) is 18.2 Å². The number of methoxy groups -OCH3 is 2. The fourth-order valence-corrected chi connectivity index (χ4v) is 4.88. The summed E-state index contributed by atoms with van der Waals surface area (Å²) in [5.74, 6) is -1.30. The number of imide groups is 2. The summed E-state index contributed by atoms with van der Waals surface area (Å²) in [6.07, 6.45) is 3.53. The maximum Gasteiger partial charge on any atom is 0.337 e. The van der Waals surface area contributed by atoms with Gasteiger partial charge in [-0.25, -0.2) is 14.5 Å². The molecule has 9 heteroatoms. The molecule has 0 spiro atoms. The Hall–Kier alpha value is -5.70. The molecule has 0 saturated carbocycles. The molecule has 4 aromatic carbocycles. The average molecular weight is 577 g/mol. The summed E-state index contributed by atoms with van der Waals surface area (Å²) in [6, 6.07) is 22.3. The summed E-state index contributed by atoms with van der Waals surface area (Å²) in [5, 5.41) is 4.39. The highest BCUT2D eigenvalue weighted by Gasteiger charge is 2.37. The summed E-state index contributed by atoms with van der Waals surface area (Å²) in [4.78, 5) is 51.5. The van der Waals surface area contributed by atoms with Crippen LogP contribution in [-0.4, -0.2) is 38.0 Å². The third kappa shape index (κ3) is 5.87. The van der Waals surface area contributed by atoms with Gasteiger partial charge in [-0.1, -0.05) is 48.5 Å². The topological polar surface area (TPSA) is 111 Å². The minimum atomic E-state index is -0.903. The third-order valence-corrected chi connectivity index (χ3v) is 6.95. The van der Waals surface area contributed by atoms with Gasteiger partial charge >= 0.3 is 12.0 Å². The summed E-state index contributed by atoms with van der Waals surface area (Å²) >= 11 is 0. The summed E-state index contributed by atoms with van der Waals surface area (Å²) < 4.78 is 16.6. The number of hydrogen-bond donors (Lipinski definition) is 1. The quantitative estimate of drug-likeness (QED) is 0.119. The van der Waals surface area contributed by atoms with Crippen molar-refractivity contribution in [3.05, 3.63) is 119 Å². The third-order valence-electron chi connectivity index (χ3n) is 6.95. The summed E-state index contributed by atoms with van der Waals surface area (Å²) in [5.41, 5.74) is 2.39. The molecule has 0 bridgehead atoms. The van der Waals surface area contributed by atoms with Crippen LogP contribution in [-0.2, 0) is 27.4 Å². The van der Waals surface area contributed by atoms with Gasteiger partial charge in [0.05, 0.1) is 25.5 Å². The summed E-state index contributed by atoms with van der Waals surface area (Å²) in [7, 11) is 2.76. The lowest BCUT2D eigenvalue weighted by Gasteiger charge is -2.26. The zero-order valence-corrected chi connectivity index (χ0v) is 23.6. The number of rotatable bonds is 9. The minimum absolute atomic E-state index is 0.177. The lowest BCUT2D eigenvalue weighted by Crippen LogP contribution is -2.54. The maximum absolute atomic E-state index is 13.4. The zero-order chi connectivity index (χ0) is 30.5. The molecule has 0 aromatic heterocycles. The lowest BCUT2D eigenvalue weighted by molar-refractivity contribution is -0.122. The fraction of sp³-hybridized carbons (Fsp3) is 0.118. The second-order valence-electron chi connectivity index (χ2n) is 9.63. The number of hydrogen-bond acceptors (Lipinski definition) is 7. The lowest BCUT2D eigenvalue weighted by atomic mass is 10.0. The van der Waals surface area contributed by atoms with Gasteiger partial charge in [-0.3, -0.25) is 14.9 Å². The molecule has 0 radical (unpaired) electrons. The Balaban J connectivity index is 1.47. The molecule has 4 amide bonds. The number of benzene rings is 4. The highest BCUT2D eigenvalue weighted by atomic mass is 16.5. The number of nitrogens with zero attached hydrogens (tertiary/aromatic N) is 1. The molecule has 1 aliphatic heterocycles. The molecule has 1 N–H and O–H groups in total. The first-order valence-corrected chi connectivity index (χ1v) is 13.4. The van der Waals surface area contributed by atoms with Crippen LogP contribution in [0.15, 0.2) is 97.1 Å². The first kappa shape index (κ1) is 28.8.